The number of fused-ring (bicyclic) bond motifs is 2. The minimum atomic E-state index is -0.304. The van der Waals surface area contributed by atoms with Gasteiger partial charge in [-0.2, -0.15) is 0 Å². The Morgan fingerprint density at radius 3 is 2.57 bits per heavy atom. The molecule has 2 aliphatic carbocycles. The molecule has 3 aromatic rings. The minimum Gasteiger partial charge on any atom is -0.480 e. The number of ether oxygens (including phenoxy) is 1. The fourth-order valence-electron chi connectivity index (χ4n) is 4.67. The first kappa shape index (κ1) is 22.8. The molecule has 1 aromatic heterocycles. The molecule has 2 atom stereocenters. The number of carbonyl (C=O) groups is 2. The van der Waals surface area contributed by atoms with E-state index in [2.05, 4.69) is 10.3 Å². The lowest BCUT2D eigenvalue weighted by Gasteiger charge is -2.23. The van der Waals surface area contributed by atoms with Gasteiger partial charge in [-0.05, 0) is 67.5 Å². The van der Waals surface area contributed by atoms with Crippen molar-refractivity contribution in [3.8, 4) is 0 Å². The summed E-state index contributed by atoms with van der Waals surface area (Å²) in [6.45, 7) is 0. The largest absolute Gasteiger partial charge is 0.480 e. The smallest absolute Gasteiger partial charge is 0.290 e. The van der Waals surface area contributed by atoms with E-state index in [0.717, 1.165) is 28.8 Å². The topological polar surface area (TPSA) is 84.7 Å². The number of nitrogens with zero attached hydrogens (tertiary/aromatic N) is 2. The molecule has 0 saturated heterocycles. The van der Waals surface area contributed by atoms with Crippen molar-refractivity contribution in [1.82, 2.24) is 9.88 Å². The first-order valence-corrected chi connectivity index (χ1v) is 12.2. The summed E-state index contributed by atoms with van der Waals surface area (Å²) in [5, 5.41) is 2.84. The Hall–Kier alpha value is -4.65. The number of benzene rings is 2. The van der Waals surface area contributed by atoms with Crippen molar-refractivity contribution in [2.45, 2.75) is 18.9 Å². The quantitative estimate of drug-likeness (QED) is 0.500. The van der Waals surface area contributed by atoms with E-state index in [1.54, 1.807) is 36.2 Å². The number of nitrogens with one attached hydrogen (secondary N) is 1. The van der Waals surface area contributed by atoms with Gasteiger partial charge in [-0.15, -0.1) is 0 Å². The third-order valence-corrected chi connectivity index (χ3v) is 6.78. The van der Waals surface area contributed by atoms with Gasteiger partial charge in [0.15, 0.2) is 11.3 Å². The second-order valence-electron chi connectivity index (χ2n) is 9.19. The van der Waals surface area contributed by atoms with Crippen LogP contribution < -0.4 is 5.32 Å². The number of aromatic nitrogens is 1. The molecule has 2 amide bonds. The maximum Gasteiger partial charge on any atom is 0.290 e. The standard InChI is InChI=1S/C30H25N3O4/c1-33(23-16-12-19(13-17-23)29-32-24-7-3-5-9-26(24)37-29)30(35)20-10-14-22(15-11-20)31-28(34)27-18-21-6-2-4-8-25(21)36-27/h2-12,14-16,18,21,25H,13,17H2,1H3,(H,31,34). The molecule has 0 fully saturated rings. The van der Waals surface area contributed by atoms with Crippen molar-refractivity contribution < 1.29 is 18.7 Å². The van der Waals surface area contributed by atoms with Gasteiger partial charge in [0.1, 0.15) is 11.6 Å². The van der Waals surface area contributed by atoms with Crippen LogP contribution in [0.1, 0.15) is 29.1 Å². The number of carbonyl (C=O) groups excluding carboxylic acids is 2. The van der Waals surface area contributed by atoms with Gasteiger partial charge in [-0.25, -0.2) is 4.98 Å². The second kappa shape index (κ2) is 9.43. The fraction of sp³-hybridized carbons (Fsp3) is 0.167. The molecule has 3 aliphatic rings. The van der Waals surface area contributed by atoms with Crippen LogP contribution in [0.15, 0.2) is 107 Å². The monoisotopic (exact) mass is 491 g/mol. The van der Waals surface area contributed by atoms with Crippen LogP contribution in [0.25, 0.3) is 16.7 Å². The Morgan fingerprint density at radius 2 is 1.81 bits per heavy atom. The van der Waals surface area contributed by atoms with E-state index < -0.39 is 0 Å². The van der Waals surface area contributed by atoms with Crippen LogP contribution >= 0.6 is 0 Å². The lowest BCUT2D eigenvalue weighted by Crippen LogP contribution is -2.26. The molecule has 0 radical (unpaired) electrons. The number of hydrogen-bond acceptors (Lipinski definition) is 5. The zero-order valence-corrected chi connectivity index (χ0v) is 20.3. The summed E-state index contributed by atoms with van der Waals surface area (Å²) < 4.78 is 11.6. The SMILES string of the molecule is CN(C(=O)c1ccc(NC(=O)C2=CC3C=CC=CC3O2)cc1)C1=CC=C(c2nc3ccccc3o2)CC1. The van der Waals surface area contributed by atoms with Gasteiger partial charge in [0.25, 0.3) is 11.8 Å². The number of oxazole rings is 1. The van der Waals surface area contributed by atoms with E-state index in [-0.39, 0.29) is 23.8 Å². The van der Waals surface area contributed by atoms with Crippen LogP contribution in [0.4, 0.5) is 5.69 Å². The van der Waals surface area contributed by atoms with Crippen LogP contribution in [0.3, 0.4) is 0 Å². The maximum absolute atomic E-state index is 13.1. The van der Waals surface area contributed by atoms with Gasteiger partial charge < -0.3 is 19.4 Å². The molecule has 7 heteroatoms. The molecule has 0 bridgehead atoms. The Labute approximate surface area is 214 Å². The zero-order chi connectivity index (χ0) is 25.4. The summed E-state index contributed by atoms with van der Waals surface area (Å²) in [4.78, 5) is 32.0. The predicted molar refractivity (Wildman–Crippen MR) is 141 cm³/mol. The van der Waals surface area contributed by atoms with E-state index in [9.17, 15) is 9.59 Å². The Bertz CT molecular complexity index is 1510. The van der Waals surface area contributed by atoms with Crippen molar-refractivity contribution in [3.63, 3.8) is 0 Å². The second-order valence-corrected chi connectivity index (χ2v) is 9.19. The highest BCUT2D eigenvalue weighted by Gasteiger charge is 2.30. The summed E-state index contributed by atoms with van der Waals surface area (Å²) in [7, 11) is 1.77. The third kappa shape index (κ3) is 4.51. The van der Waals surface area contributed by atoms with Gasteiger partial charge in [0.05, 0.1) is 0 Å². The lowest BCUT2D eigenvalue weighted by molar-refractivity contribution is -0.116. The van der Waals surface area contributed by atoms with Crippen molar-refractivity contribution in [2.24, 2.45) is 5.92 Å². The van der Waals surface area contributed by atoms with Gasteiger partial charge in [-0.3, -0.25) is 9.59 Å². The molecule has 1 aliphatic heterocycles. The molecule has 0 saturated carbocycles. The molecule has 7 nitrogen and oxygen atoms in total. The fourth-order valence-corrected chi connectivity index (χ4v) is 4.67. The average molecular weight is 492 g/mol. The predicted octanol–water partition coefficient (Wildman–Crippen LogP) is 5.62. The number of amides is 2. The number of allylic oxidation sites excluding steroid dienone is 6. The van der Waals surface area contributed by atoms with Crippen molar-refractivity contribution in [1.29, 1.82) is 0 Å². The molecule has 37 heavy (non-hydrogen) atoms. The summed E-state index contributed by atoms with van der Waals surface area (Å²) in [6, 6.07) is 14.6. The summed E-state index contributed by atoms with van der Waals surface area (Å²) in [5.41, 5.74) is 4.65. The Morgan fingerprint density at radius 1 is 1.00 bits per heavy atom. The van der Waals surface area contributed by atoms with Crippen molar-refractivity contribution in [2.75, 3.05) is 12.4 Å². The number of rotatable bonds is 5. The van der Waals surface area contributed by atoms with Crippen LogP contribution in [-0.4, -0.2) is 34.8 Å². The van der Waals surface area contributed by atoms with Gasteiger partial charge in [0, 0.05) is 35.5 Å². The first-order chi connectivity index (χ1) is 18.0. The average Bonchev–Trinajstić information content (AvgIpc) is 3.57. The molecule has 184 valence electrons. The highest BCUT2D eigenvalue weighted by molar-refractivity contribution is 6.03. The van der Waals surface area contributed by atoms with E-state index in [0.29, 0.717) is 29.3 Å². The van der Waals surface area contributed by atoms with E-state index in [4.69, 9.17) is 9.15 Å². The van der Waals surface area contributed by atoms with Crippen LogP contribution in [0, 0.1) is 5.92 Å². The Kier molecular flexibility index (Phi) is 5.81. The molecule has 0 spiro atoms. The molecule has 6 rings (SSSR count). The van der Waals surface area contributed by atoms with Gasteiger partial charge >= 0.3 is 0 Å². The number of hydrogen-bond donors (Lipinski definition) is 1. The van der Waals surface area contributed by atoms with Crippen LogP contribution in [0.2, 0.25) is 0 Å². The summed E-state index contributed by atoms with van der Waals surface area (Å²) in [5.74, 6) is 0.582. The van der Waals surface area contributed by atoms with Gasteiger partial charge in [0.2, 0.25) is 5.89 Å². The van der Waals surface area contributed by atoms with Crippen LogP contribution in [0.5, 0.6) is 0 Å². The van der Waals surface area contributed by atoms with Gasteiger partial charge in [-0.1, -0.05) is 36.4 Å². The molecule has 2 heterocycles. The minimum absolute atomic E-state index is 0.0799. The van der Waals surface area contributed by atoms with Crippen LogP contribution in [-0.2, 0) is 9.53 Å². The van der Waals surface area contributed by atoms with E-state index in [1.165, 1.54) is 0 Å². The number of para-hydroxylation sites is 2. The summed E-state index contributed by atoms with van der Waals surface area (Å²) in [6.07, 6.45) is 14.8. The molecular formula is C30H25N3O4. The highest BCUT2D eigenvalue weighted by Crippen LogP contribution is 2.31. The number of anilines is 1. The van der Waals surface area contributed by atoms with Crippen molar-refractivity contribution in [3.05, 3.63) is 114 Å². The normalized spacial score (nSPS) is 20.0. The third-order valence-electron chi connectivity index (χ3n) is 6.78. The summed E-state index contributed by atoms with van der Waals surface area (Å²) >= 11 is 0. The molecule has 2 aromatic carbocycles. The lowest BCUT2D eigenvalue weighted by atomic mass is 9.99. The zero-order valence-electron chi connectivity index (χ0n) is 20.3. The highest BCUT2D eigenvalue weighted by atomic mass is 16.5. The maximum atomic E-state index is 13.1. The first-order valence-electron chi connectivity index (χ1n) is 12.2. The molecular weight excluding hydrogens is 466 g/mol. The van der Waals surface area contributed by atoms with E-state index in [1.807, 2.05) is 66.8 Å². The molecule has 1 N–H and O–H groups in total. The van der Waals surface area contributed by atoms with Crippen molar-refractivity contribution >= 4 is 34.2 Å². The molecule has 2 unspecified atom stereocenters. The Balaban J connectivity index is 1.10. The van der Waals surface area contributed by atoms with E-state index >= 15 is 0 Å².